The van der Waals surface area contributed by atoms with Crippen molar-refractivity contribution in [3.63, 3.8) is 0 Å². The lowest BCUT2D eigenvalue weighted by atomic mass is 10.4. The predicted octanol–water partition coefficient (Wildman–Crippen LogP) is 1.77. The summed E-state index contributed by atoms with van der Waals surface area (Å²) < 4.78 is 34.1. The van der Waals surface area contributed by atoms with Gasteiger partial charge in [-0.05, 0) is 28.8 Å². The van der Waals surface area contributed by atoms with Crippen molar-refractivity contribution in [1.82, 2.24) is 9.97 Å². The van der Waals surface area contributed by atoms with Crippen LogP contribution in [0.1, 0.15) is 24.6 Å². The van der Waals surface area contributed by atoms with E-state index in [4.69, 9.17) is 0 Å². The Balaban J connectivity index is 2.52. The van der Waals surface area contributed by atoms with E-state index >= 15 is 0 Å². The highest BCUT2D eigenvalue weighted by Gasteiger charge is 2.29. The van der Waals surface area contributed by atoms with Gasteiger partial charge >= 0.3 is 10.2 Å². The molecule has 1 aromatic rings. The topological polar surface area (TPSA) is 59.9 Å². The summed E-state index contributed by atoms with van der Waals surface area (Å²) in [6.45, 7) is 0. The summed E-state index contributed by atoms with van der Waals surface area (Å²) in [5.41, 5.74) is 0. The second-order valence-corrected chi connectivity index (χ2v) is 5.21. The van der Waals surface area contributed by atoms with E-state index in [2.05, 4.69) is 25.9 Å². The summed E-state index contributed by atoms with van der Waals surface area (Å²) >= 11 is 2.89. The normalized spacial score (nSPS) is 17.0. The van der Waals surface area contributed by atoms with Crippen LogP contribution in [0.5, 0.6) is 0 Å². The van der Waals surface area contributed by atoms with E-state index in [1.54, 1.807) is 0 Å². The zero-order valence-electron chi connectivity index (χ0n) is 6.94. The van der Waals surface area contributed by atoms with Crippen LogP contribution >= 0.6 is 15.9 Å². The first kappa shape index (κ1) is 9.97. The number of hydrogen-bond acceptors (Lipinski definition) is 4. The molecule has 1 heterocycles. The molecule has 0 bridgehead atoms. The predicted molar refractivity (Wildman–Crippen MR) is 50.0 cm³/mol. The molecule has 0 aromatic carbocycles. The molecule has 76 valence electrons. The summed E-state index contributed by atoms with van der Waals surface area (Å²) in [7, 11) is -4.76. The molecule has 4 nitrogen and oxygen atoms in total. The number of hydrogen-bond donors (Lipinski definition) is 0. The molecular weight excluding hydrogens is 275 g/mol. The van der Waals surface area contributed by atoms with Crippen molar-refractivity contribution in [2.24, 2.45) is 0 Å². The van der Waals surface area contributed by atoms with Crippen molar-refractivity contribution in [1.29, 1.82) is 0 Å². The first-order valence-corrected chi connectivity index (χ1v) is 6.13. The summed E-state index contributed by atoms with van der Waals surface area (Å²) in [6.07, 6.45) is 3.15. The molecule has 1 saturated carbocycles. The summed E-state index contributed by atoms with van der Waals surface area (Å²) in [4.78, 5) is 7.61. The lowest BCUT2D eigenvalue weighted by Crippen LogP contribution is -2.02. The maximum Gasteiger partial charge on any atom is 0.351 e. The van der Waals surface area contributed by atoms with Gasteiger partial charge in [-0.2, -0.15) is 8.42 Å². The maximum absolute atomic E-state index is 12.7. The fourth-order valence-corrected chi connectivity index (χ4v) is 2.33. The second-order valence-electron chi connectivity index (χ2n) is 3.09. The third kappa shape index (κ3) is 1.93. The minimum absolute atomic E-state index is 0.0596. The molecule has 7 heteroatoms. The molecule has 2 rings (SSSR count). The standard InChI is InChI=1S/C7H6BrFN2O2S/c8-5-3-10-6(4-1-2-4)11-7(5)14(9,12)13/h3-4H,1-2H2. The quantitative estimate of drug-likeness (QED) is 0.612. The first-order chi connectivity index (χ1) is 6.48. The number of rotatable bonds is 2. The van der Waals surface area contributed by atoms with Crippen LogP contribution in [0.25, 0.3) is 0 Å². The molecule has 0 spiro atoms. The van der Waals surface area contributed by atoms with E-state index in [9.17, 15) is 12.3 Å². The Morgan fingerprint density at radius 1 is 1.50 bits per heavy atom. The molecule has 0 radical (unpaired) electrons. The third-order valence-corrected chi connectivity index (χ3v) is 3.52. The largest absolute Gasteiger partial charge is 0.351 e. The Morgan fingerprint density at radius 2 is 2.14 bits per heavy atom. The van der Waals surface area contributed by atoms with Crippen molar-refractivity contribution >= 4 is 26.2 Å². The zero-order chi connectivity index (χ0) is 10.3. The maximum atomic E-state index is 12.7. The van der Waals surface area contributed by atoms with Crippen molar-refractivity contribution in [3.8, 4) is 0 Å². The highest BCUT2D eigenvalue weighted by atomic mass is 79.9. The van der Waals surface area contributed by atoms with Crippen LogP contribution in [0.2, 0.25) is 0 Å². The molecule has 14 heavy (non-hydrogen) atoms. The lowest BCUT2D eigenvalue weighted by molar-refractivity contribution is 0.545. The molecule has 1 aliphatic rings. The van der Waals surface area contributed by atoms with Gasteiger partial charge in [0.1, 0.15) is 5.82 Å². The van der Waals surface area contributed by atoms with Gasteiger partial charge < -0.3 is 0 Å². The van der Waals surface area contributed by atoms with Crippen molar-refractivity contribution in [3.05, 3.63) is 16.5 Å². The molecule has 0 unspecified atom stereocenters. The van der Waals surface area contributed by atoms with Crippen molar-refractivity contribution in [2.45, 2.75) is 23.8 Å². The molecule has 0 atom stereocenters. The van der Waals surface area contributed by atoms with E-state index in [0.717, 1.165) is 12.8 Å². The van der Waals surface area contributed by atoms with E-state index in [-0.39, 0.29) is 10.4 Å². The molecule has 1 aliphatic carbocycles. The smallest absolute Gasteiger partial charge is 0.240 e. The van der Waals surface area contributed by atoms with Crippen LogP contribution in [-0.2, 0) is 10.2 Å². The van der Waals surface area contributed by atoms with Crippen LogP contribution in [0, 0.1) is 0 Å². The highest BCUT2D eigenvalue weighted by molar-refractivity contribution is 9.10. The third-order valence-electron chi connectivity index (χ3n) is 1.90. The van der Waals surface area contributed by atoms with Gasteiger partial charge in [-0.15, -0.1) is 0 Å². The van der Waals surface area contributed by atoms with Gasteiger partial charge in [0.15, 0.2) is 0 Å². The Hall–Kier alpha value is -0.560. The van der Waals surface area contributed by atoms with Gasteiger partial charge in [0.05, 0.1) is 4.47 Å². The average molecular weight is 281 g/mol. The molecule has 0 N–H and O–H groups in total. The van der Waals surface area contributed by atoms with Gasteiger partial charge in [-0.25, -0.2) is 9.97 Å². The highest BCUT2D eigenvalue weighted by Crippen LogP contribution is 2.38. The van der Waals surface area contributed by atoms with E-state index in [1.165, 1.54) is 6.20 Å². The Kier molecular flexibility index (Phi) is 2.30. The summed E-state index contributed by atoms with van der Waals surface area (Å²) in [6, 6.07) is 0. The van der Waals surface area contributed by atoms with Crippen LogP contribution in [0.3, 0.4) is 0 Å². The Labute approximate surface area is 88.9 Å². The molecule has 1 fully saturated rings. The fourth-order valence-electron chi connectivity index (χ4n) is 1.07. The number of aromatic nitrogens is 2. The number of halogens is 2. The molecule has 0 aliphatic heterocycles. The van der Waals surface area contributed by atoms with Gasteiger partial charge in [-0.3, -0.25) is 0 Å². The monoisotopic (exact) mass is 280 g/mol. The Bertz CT molecular complexity index is 473. The summed E-state index contributed by atoms with van der Waals surface area (Å²) in [5, 5.41) is -0.575. The molecule has 0 saturated heterocycles. The minimum atomic E-state index is -4.76. The molecule has 1 aromatic heterocycles. The van der Waals surface area contributed by atoms with Crippen LogP contribution in [-0.4, -0.2) is 18.4 Å². The fraction of sp³-hybridized carbons (Fsp3) is 0.429. The van der Waals surface area contributed by atoms with Gasteiger partial charge in [0.25, 0.3) is 0 Å². The van der Waals surface area contributed by atoms with Crippen molar-refractivity contribution in [2.75, 3.05) is 0 Å². The van der Waals surface area contributed by atoms with E-state index < -0.39 is 15.2 Å². The van der Waals surface area contributed by atoms with Crippen LogP contribution < -0.4 is 0 Å². The van der Waals surface area contributed by atoms with Gasteiger partial charge in [0.2, 0.25) is 5.03 Å². The minimum Gasteiger partial charge on any atom is -0.240 e. The number of nitrogens with zero attached hydrogens (tertiary/aromatic N) is 2. The van der Waals surface area contributed by atoms with Crippen molar-refractivity contribution < 1.29 is 12.3 Å². The Morgan fingerprint density at radius 3 is 2.64 bits per heavy atom. The van der Waals surface area contributed by atoms with E-state index in [0.29, 0.717) is 5.82 Å². The second kappa shape index (κ2) is 3.23. The molecular formula is C7H6BrFN2O2S. The van der Waals surface area contributed by atoms with Crippen LogP contribution in [0.15, 0.2) is 15.7 Å². The van der Waals surface area contributed by atoms with E-state index in [1.807, 2.05) is 0 Å². The van der Waals surface area contributed by atoms with Gasteiger partial charge in [-0.1, -0.05) is 3.89 Å². The van der Waals surface area contributed by atoms with Crippen LogP contribution in [0.4, 0.5) is 3.89 Å². The lowest BCUT2D eigenvalue weighted by Gasteiger charge is -2.00. The molecule has 0 amide bonds. The average Bonchev–Trinajstić information content (AvgIpc) is 2.85. The zero-order valence-corrected chi connectivity index (χ0v) is 9.35. The SMILES string of the molecule is O=S(=O)(F)c1nc(C2CC2)ncc1Br. The first-order valence-electron chi connectivity index (χ1n) is 3.95. The van der Waals surface area contributed by atoms with Gasteiger partial charge in [0, 0.05) is 12.1 Å². The summed E-state index contributed by atoms with van der Waals surface area (Å²) in [5.74, 6) is 0.605.